The van der Waals surface area contributed by atoms with Crippen LogP contribution in [-0.4, -0.2) is 39.4 Å². The number of methoxy groups -OCH3 is 1. The van der Waals surface area contributed by atoms with Gasteiger partial charge in [-0.1, -0.05) is 58.7 Å². The summed E-state index contributed by atoms with van der Waals surface area (Å²) in [6, 6.07) is 14.1. The van der Waals surface area contributed by atoms with Crippen LogP contribution < -0.4 is 15.4 Å². The number of aromatic nitrogens is 3. The van der Waals surface area contributed by atoms with E-state index < -0.39 is 23.6 Å². The van der Waals surface area contributed by atoms with Crippen LogP contribution in [0.25, 0.3) is 5.69 Å². The quantitative estimate of drug-likeness (QED) is 0.192. The topological polar surface area (TPSA) is 98.1 Å². The second-order valence-electron chi connectivity index (χ2n) is 8.24. The van der Waals surface area contributed by atoms with Gasteiger partial charge in [0, 0.05) is 5.02 Å². The minimum absolute atomic E-state index is 0.0497. The molecule has 2 amide bonds. The van der Waals surface area contributed by atoms with Gasteiger partial charge in [0.05, 0.1) is 52.0 Å². The Bertz CT molecular complexity index is 1600. The monoisotopic (exact) mass is 643 g/mol. The lowest BCUT2D eigenvalue weighted by Crippen LogP contribution is -2.25. The summed E-state index contributed by atoms with van der Waals surface area (Å²) < 4.78 is 46.3. The molecular weight excluding hydrogens is 626 g/mol. The molecule has 0 atom stereocenters. The van der Waals surface area contributed by atoms with E-state index in [0.29, 0.717) is 22.3 Å². The molecule has 0 saturated heterocycles. The average Bonchev–Trinajstić information content (AvgIpc) is 3.34. The Labute approximate surface area is 251 Å². The SMILES string of the molecule is COc1ccccc1-n1c(CNC(=O)c2cc(Cl)ccc2Cl)nnc1SCC(=O)Nc1cc(C(F)(F)F)ccc1Cl. The molecule has 4 aromatic rings. The lowest BCUT2D eigenvalue weighted by molar-refractivity contribution is -0.137. The summed E-state index contributed by atoms with van der Waals surface area (Å²) in [5, 5.41) is 14.2. The molecule has 0 aliphatic heterocycles. The number of nitrogens with one attached hydrogen (secondary N) is 2. The van der Waals surface area contributed by atoms with Gasteiger partial charge in [-0.15, -0.1) is 10.2 Å². The molecule has 1 heterocycles. The maximum atomic E-state index is 13.1. The maximum absolute atomic E-state index is 13.1. The number of para-hydroxylation sites is 2. The molecule has 41 heavy (non-hydrogen) atoms. The second-order valence-corrected chi connectivity index (χ2v) is 10.4. The standard InChI is InChI=1S/C26H19Cl3F3N5O3S/c1-40-21-5-3-2-4-20(21)37-22(12-33-24(39)16-11-15(27)7-9-17(16)28)35-36-25(37)41-13-23(38)34-19-10-14(26(30,31)32)6-8-18(19)29/h2-11H,12-13H2,1H3,(H,33,39)(H,34,38). The third-order valence-electron chi connectivity index (χ3n) is 5.51. The van der Waals surface area contributed by atoms with Gasteiger partial charge in [-0.25, -0.2) is 0 Å². The van der Waals surface area contributed by atoms with Crippen LogP contribution in [0.15, 0.2) is 65.8 Å². The highest BCUT2D eigenvalue weighted by Crippen LogP contribution is 2.34. The number of carbonyl (C=O) groups is 2. The fourth-order valence-corrected chi connectivity index (χ4v) is 4.91. The highest BCUT2D eigenvalue weighted by atomic mass is 35.5. The maximum Gasteiger partial charge on any atom is 0.416 e. The summed E-state index contributed by atoms with van der Waals surface area (Å²) >= 11 is 19.1. The van der Waals surface area contributed by atoms with Gasteiger partial charge in [0.1, 0.15) is 5.75 Å². The highest BCUT2D eigenvalue weighted by Gasteiger charge is 2.31. The molecule has 0 unspecified atom stereocenters. The number of anilines is 1. The number of carbonyl (C=O) groups excluding carboxylic acids is 2. The minimum Gasteiger partial charge on any atom is -0.495 e. The predicted octanol–water partition coefficient (Wildman–Crippen LogP) is 6.92. The van der Waals surface area contributed by atoms with Crippen molar-refractivity contribution >= 4 is 64.1 Å². The molecule has 3 aromatic carbocycles. The molecule has 0 aliphatic rings. The van der Waals surface area contributed by atoms with E-state index in [9.17, 15) is 22.8 Å². The Morgan fingerprint density at radius 3 is 2.46 bits per heavy atom. The Kier molecular flexibility index (Phi) is 9.69. The Hall–Kier alpha value is -3.45. The first-order valence-corrected chi connectivity index (χ1v) is 13.7. The zero-order chi connectivity index (χ0) is 29.7. The number of thioether (sulfide) groups is 1. The zero-order valence-corrected chi connectivity index (χ0v) is 24.0. The number of nitrogens with zero attached hydrogens (tertiary/aromatic N) is 3. The molecule has 2 N–H and O–H groups in total. The van der Waals surface area contributed by atoms with Crippen LogP contribution in [0.4, 0.5) is 18.9 Å². The molecule has 0 bridgehead atoms. The molecule has 0 saturated carbocycles. The van der Waals surface area contributed by atoms with Gasteiger partial charge in [-0.2, -0.15) is 13.2 Å². The van der Waals surface area contributed by atoms with Crippen molar-refractivity contribution in [3.63, 3.8) is 0 Å². The molecule has 15 heteroatoms. The van der Waals surface area contributed by atoms with E-state index in [0.717, 1.165) is 30.0 Å². The van der Waals surface area contributed by atoms with E-state index in [-0.39, 0.29) is 38.8 Å². The molecule has 8 nitrogen and oxygen atoms in total. The molecule has 0 spiro atoms. The van der Waals surface area contributed by atoms with E-state index in [2.05, 4.69) is 20.8 Å². The Balaban J connectivity index is 1.56. The number of hydrogen-bond acceptors (Lipinski definition) is 6. The van der Waals surface area contributed by atoms with Gasteiger partial charge < -0.3 is 15.4 Å². The van der Waals surface area contributed by atoms with Crippen molar-refractivity contribution in [2.75, 3.05) is 18.2 Å². The Morgan fingerprint density at radius 1 is 1.00 bits per heavy atom. The van der Waals surface area contributed by atoms with E-state index in [4.69, 9.17) is 39.5 Å². The van der Waals surface area contributed by atoms with E-state index in [1.165, 1.54) is 19.2 Å². The first kappa shape index (κ1) is 30.5. The summed E-state index contributed by atoms with van der Waals surface area (Å²) in [4.78, 5) is 25.5. The third-order valence-corrected chi connectivity index (χ3v) is 7.33. The van der Waals surface area contributed by atoms with Crippen LogP contribution in [0.5, 0.6) is 5.75 Å². The highest BCUT2D eigenvalue weighted by molar-refractivity contribution is 7.99. The van der Waals surface area contributed by atoms with Crippen LogP contribution in [-0.2, 0) is 17.5 Å². The first-order chi connectivity index (χ1) is 19.5. The van der Waals surface area contributed by atoms with E-state index in [1.807, 2.05) is 0 Å². The van der Waals surface area contributed by atoms with Crippen molar-refractivity contribution in [1.82, 2.24) is 20.1 Å². The van der Waals surface area contributed by atoms with Crippen molar-refractivity contribution in [3.8, 4) is 11.4 Å². The number of amides is 2. The van der Waals surface area contributed by atoms with Gasteiger partial charge in [-0.05, 0) is 48.5 Å². The van der Waals surface area contributed by atoms with Crippen molar-refractivity contribution in [2.45, 2.75) is 17.9 Å². The number of ether oxygens (including phenoxy) is 1. The van der Waals surface area contributed by atoms with Crippen molar-refractivity contribution in [2.24, 2.45) is 0 Å². The lowest BCUT2D eigenvalue weighted by atomic mass is 10.2. The minimum atomic E-state index is -4.60. The van der Waals surface area contributed by atoms with Gasteiger partial charge >= 0.3 is 6.18 Å². The number of hydrogen-bond donors (Lipinski definition) is 2. The van der Waals surface area contributed by atoms with E-state index >= 15 is 0 Å². The second kappa shape index (κ2) is 13.0. The zero-order valence-electron chi connectivity index (χ0n) is 20.9. The van der Waals surface area contributed by atoms with Gasteiger partial charge in [0.2, 0.25) is 5.91 Å². The summed E-state index contributed by atoms with van der Waals surface area (Å²) in [6.07, 6.45) is -4.60. The van der Waals surface area contributed by atoms with E-state index in [1.54, 1.807) is 34.9 Å². The summed E-state index contributed by atoms with van der Waals surface area (Å²) in [7, 11) is 1.48. The summed E-state index contributed by atoms with van der Waals surface area (Å²) in [6.45, 7) is -0.0840. The predicted molar refractivity (Wildman–Crippen MR) is 151 cm³/mol. The van der Waals surface area contributed by atoms with Crippen LogP contribution in [0.1, 0.15) is 21.7 Å². The van der Waals surface area contributed by atoms with Gasteiger partial charge in [0.15, 0.2) is 11.0 Å². The fourth-order valence-electron chi connectivity index (χ4n) is 3.60. The Morgan fingerprint density at radius 2 is 1.73 bits per heavy atom. The average molecular weight is 645 g/mol. The molecule has 214 valence electrons. The van der Waals surface area contributed by atoms with Crippen molar-refractivity contribution in [1.29, 1.82) is 0 Å². The van der Waals surface area contributed by atoms with Crippen LogP contribution in [0.3, 0.4) is 0 Å². The normalized spacial score (nSPS) is 11.3. The first-order valence-electron chi connectivity index (χ1n) is 11.6. The van der Waals surface area contributed by atoms with Crippen LogP contribution in [0.2, 0.25) is 15.1 Å². The molecule has 0 aliphatic carbocycles. The molecule has 0 fully saturated rings. The summed E-state index contributed by atoms with van der Waals surface area (Å²) in [5.41, 5.74) is -0.441. The molecule has 1 aromatic heterocycles. The fraction of sp³-hybridized carbons (Fsp3) is 0.154. The largest absolute Gasteiger partial charge is 0.495 e. The van der Waals surface area contributed by atoms with Crippen molar-refractivity contribution in [3.05, 3.63) is 92.7 Å². The van der Waals surface area contributed by atoms with Gasteiger partial charge in [-0.3, -0.25) is 14.2 Å². The molecular formula is C26H19Cl3F3N5O3S. The van der Waals surface area contributed by atoms with Crippen LogP contribution in [0, 0.1) is 0 Å². The number of halogens is 6. The summed E-state index contributed by atoms with van der Waals surface area (Å²) in [5.74, 6) is -0.621. The van der Waals surface area contributed by atoms with Crippen LogP contribution >= 0.6 is 46.6 Å². The number of alkyl halides is 3. The van der Waals surface area contributed by atoms with Crippen molar-refractivity contribution < 1.29 is 27.5 Å². The molecule has 0 radical (unpaired) electrons. The number of benzene rings is 3. The molecule has 4 rings (SSSR count). The lowest BCUT2D eigenvalue weighted by Gasteiger charge is -2.14. The smallest absolute Gasteiger partial charge is 0.416 e. The third kappa shape index (κ3) is 7.45. The number of rotatable bonds is 9. The van der Waals surface area contributed by atoms with Gasteiger partial charge in [0.25, 0.3) is 5.91 Å².